The van der Waals surface area contributed by atoms with Gasteiger partial charge in [-0.3, -0.25) is 0 Å². The van der Waals surface area contributed by atoms with E-state index in [1.54, 1.807) is 0 Å². The van der Waals surface area contributed by atoms with E-state index in [9.17, 15) is 24.7 Å². The minimum Gasteiger partial charge on any atom is -0.310 e. The Morgan fingerprint density at radius 3 is 1.45 bits per heavy atom. The zero-order valence-electron chi connectivity index (χ0n) is 63.4. The highest BCUT2D eigenvalue weighted by atomic mass is 15.2. The van der Waals surface area contributed by atoms with Crippen molar-refractivity contribution in [3.05, 3.63) is 221 Å². The maximum atomic E-state index is 10.3. The van der Waals surface area contributed by atoms with Gasteiger partial charge >= 0.3 is 0 Å². The van der Waals surface area contributed by atoms with Crippen molar-refractivity contribution in [2.75, 3.05) is 4.90 Å². The number of rotatable bonds is 3. The summed E-state index contributed by atoms with van der Waals surface area (Å²) in [6.07, 6.45) is 0. The van der Waals surface area contributed by atoms with Crippen molar-refractivity contribution in [3.63, 3.8) is 0 Å². The molecule has 3 aliphatic rings. The van der Waals surface area contributed by atoms with E-state index in [0.717, 1.165) is 0 Å². The number of nitrogens with zero attached hydrogens (tertiary/aromatic N) is 1. The Hall–Kier alpha value is -6.44. The molecule has 53 heavy (non-hydrogen) atoms. The molecular formula is C52H37N. The van der Waals surface area contributed by atoms with E-state index in [1.807, 2.05) is 0 Å². The maximum Gasteiger partial charge on any atom is 0.0725 e. The van der Waals surface area contributed by atoms with Crippen LogP contribution < -0.4 is 4.90 Å². The smallest absolute Gasteiger partial charge is 0.0725 e. The third-order valence-electron chi connectivity index (χ3n) is 9.37. The molecule has 0 radical (unpaired) electrons. The SMILES string of the molecule is [2H]c1c([2H])c([2H])c(-c2c([2H])c([2H])c3c(c2[2H])C(C([2H])([2H])[2H])(C([2H])([2H])[2H])c2c([2H])c([2H])c([2H])c([2H])c2N3c2c([2H])c([2H])c(-c3c([2H])c([2H])c4c(c3[2H])C3(c5c([2H])c([2H])c([2H])c([2H])c5-c5c([2H])c([2H])c([2H])c([2H])c53)c3c([2H])c([2H])c([2H])c([2H])c3-4)c([2H])c2[2H])c([2H])c1[2H]. The fraction of sp³-hybridized carbons (Fsp3) is 0.0769. The summed E-state index contributed by atoms with van der Waals surface area (Å²) in [4.78, 5) is 0.273. The average Bonchev–Trinajstić information content (AvgIpc) is 1.32. The van der Waals surface area contributed by atoms with E-state index < -0.39 is 307 Å². The zero-order valence-corrected chi connectivity index (χ0v) is 26.4. The number of hydrogen-bond donors (Lipinski definition) is 0. The van der Waals surface area contributed by atoms with Gasteiger partial charge in [-0.25, -0.2) is 0 Å². The van der Waals surface area contributed by atoms with Crippen LogP contribution >= 0.6 is 0 Å². The van der Waals surface area contributed by atoms with E-state index in [1.165, 1.54) is 0 Å². The van der Waals surface area contributed by atoms with E-state index >= 15 is 0 Å². The van der Waals surface area contributed by atoms with E-state index in [4.69, 9.17) is 26.0 Å². The first-order chi connectivity index (χ1) is 41.5. The Morgan fingerprint density at radius 1 is 0.377 bits per heavy atom. The first-order valence-electron chi connectivity index (χ1n) is 34.2. The molecular weight excluding hydrogens is 639 g/mol. The molecule has 1 heterocycles. The van der Waals surface area contributed by atoms with Gasteiger partial charge in [0.25, 0.3) is 0 Å². The molecule has 0 fully saturated rings. The molecule has 0 bridgehead atoms. The van der Waals surface area contributed by atoms with E-state index in [0.29, 0.717) is 0 Å². The van der Waals surface area contributed by atoms with Crippen LogP contribution in [-0.2, 0) is 10.8 Å². The van der Waals surface area contributed by atoms with Gasteiger partial charge in [0.2, 0.25) is 0 Å². The molecule has 1 heteroatoms. The van der Waals surface area contributed by atoms with Crippen molar-refractivity contribution in [1.29, 1.82) is 0 Å². The molecule has 0 saturated heterocycles. The molecule has 2 aliphatic carbocycles. The number of para-hydroxylation sites is 1. The van der Waals surface area contributed by atoms with Gasteiger partial charge < -0.3 is 4.90 Å². The molecule has 1 spiro atoms. The lowest BCUT2D eigenvalue weighted by atomic mass is 9.70. The van der Waals surface area contributed by atoms with Gasteiger partial charge in [-0.2, -0.15) is 0 Å². The normalized spacial score (nSPS) is 25.2. The summed E-state index contributed by atoms with van der Waals surface area (Å²) >= 11 is 0. The Labute approximate surface area is 363 Å². The molecule has 8 aromatic carbocycles. The lowest BCUT2D eigenvalue weighted by molar-refractivity contribution is 0.632. The van der Waals surface area contributed by atoms with Crippen molar-refractivity contribution < 1.29 is 50.7 Å². The first-order valence-corrected chi connectivity index (χ1v) is 15.7. The van der Waals surface area contributed by atoms with Crippen molar-refractivity contribution in [3.8, 4) is 44.5 Å². The lowest BCUT2D eigenvalue weighted by Crippen LogP contribution is -2.30. The molecule has 0 atom stereocenters. The van der Waals surface area contributed by atoms with Gasteiger partial charge in [0, 0.05) is 19.3 Å². The summed E-state index contributed by atoms with van der Waals surface area (Å²) < 4.78 is 341. The minimum absolute atomic E-state index is 0.273. The van der Waals surface area contributed by atoms with Crippen LogP contribution in [0, 0.1) is 0 Å². The van der Waals surface area contributed by atoms with E-state index in [2.05, 4.69) is 0 Å². The van der Waals surface area contributed by atoms with Crippen LogP contribution in [0.5, 0.6) is 0 Å². The largest absolute Gasteiger partial charge is 0.310 e. The molecule has 250 valence electrons. The van der Waals surface area contributed by atoms with Crippen LogP contribution in [0.15, 0.2) is 187 Å². The zero-order chi connectivity index (χ0) is 67.3. The van der Waals surface area contributed by atoms with Crippen molar-refractivity contribution in [2.24, 2.45) is 0 Å². The molecule has 1 aliphatic heterocycles. The van der Waals surface area contributed by atoms with Gasteiger partial charge in [-0.05, 0) is 114 Å². The van der Waals surface area contributed by atoms with Crippen LogP contribution in [-0.4, -0.2) is 0 Å². The van der Waals surface area contributed by atoms with Gasteiger partial charge in [-0.15, -0.1) is 0 Å². The fourth-order valence-electron chi connectivity index (χ4n) is 7.18. The van der Waals surface area contributed by atoms with Crippen LogP contribution in [0.25, 0.3) is 44.5 Å². The van der Waals surface area contributed by atoms with Gasteiger partial charge in [-0.1, -0.05) is 165 Å². The molecule has 0 aromatic heterocycles. The average molecular weight is 713 g/mol. The standard InChI is InChI=1S/C52H37N/c1-51(2)46-22-12-13-23-49(46)53(50-31-27-37(33-48(50)51)34-14-4-3-5-15-34)38-28-24-35(25-29-38)36-26-30-42-41-18-8-11-21-45(41)52(47(42)32-36)43-19-9-6-16-39(43)40-17-7-10-20-44(40)52/h3-33H,1-2H3/i1D3,2D3,3D,4D,5D,6D,7D,8D,9D,10D,11D,12D,13D,14D,15D,16D,17D,18D,19D,20D,21D,22D,23D,24D,25D,26D,27D,28D,29D,30D,31D,32D,33D. The number of hydrogen-bond acceptors (Lipinski definition) is 1. The molecule has 0 N–H and O–H groups in total. The highest BCUT2D eigenvalue weighted by Crippen LogP contribution is 2.63. The Bertz CT molecular complexity index is 4590. The van der Waals surface area contributed by atoms with Crippen LogP contribution in [0.4, 0.5) is 17.1 Å². The third-order valence-corrected chi connectivity index (χ3v) is 9.37. The van der Waals surface area contributed by atoms with Crippen LogP contribution in [0.1, 0.15) is 97.8 Å². The summed E-state index contributed by atoms with van der Waals surface area (Å²) in [5, 5.41) is 0. The van der Waals surface area contributed by atoms with Crippen LogP contribution in [0.3, 0.4) is 0 Å². The summed E-state index contributed by atoms with van der Waals surface area (Å²) in [7, 11) is 0. The minimum atomic E-state index is -4.18. The Kier molecular flexibility index (Phi) is 2.30. The van der Waals surface area contributed by atoms with E-state index in [-0.39, 0.29) is 4.90 Å². The second-order valence-electron chi connectivity index (χ2n) is 12.0. The van der Waals surface area contributed by atoms with Crippen molar-refractivity contribution in [1.82, 2.24) is 0 Å². The van der Waals surface area contributed by atoms with Gasteiger partial charge in [0.15, 0.2) is 0 Å². The Morgan fingerprint density at radius 2 is 0.830 bits per heavy atom. The first kappa shape index (κ1) is 11.0. The number of fused-ring (bicyclic) bond motifs is 12. The molecule has 0 saturated carbocycles. The van der Waals surface area contributed by atoms with Crippen LogP contribution in [0.2, 0.25) is 0 Å². The quantitative estimate of drug-likeness (QED) is 0.176. The molecule has 1 nitrogen and oxygen atoms in total. The molecule has 0 unspecified atom stereocenters. The molecule has 11 rings (SSSR count). The topological polar surface area (TPSA) is 3.24 Å². The van der Waals surface area contributed by atoms with Crippen molar-refractivity contribution >= 4 is 17.1 Å². The van der Waals surface area contributed by atoms with Gasteiger partial charge in [0.1, 0.15) is 0 Å². The molecule has 8 aromatic rings. The summed E-state index contributed by atoms with van der Waals surface area (Å²) in [6, 6.07) is -36.4. The number of benzene rings is 8. The summed E-state index contributed by atoms with van der Waals surface area (Å²) in [5.41, 5.74) is -24.1. The Balaban J connectivity index is 1.34. The second kappa shape index (κ2) is 11.0. The summed E-state index contributed by atoms with van der Waals surface area (Å²) in [6.45, 7) is -8.37. The maximum absolute atomic E-state index is 10.3. The number of anilines is 3. The highest BCUT2D eigenvalue weighted by molar-refractivity contribution is 5.96. The third kappa shape index (κ3) is 4.08. The molecule has 0 amide bonds. The lowest BCUT2D eigenvalue weighted by Gasteiger charge is -2.42. The highest BCUT2D eigenvalue weighted by Gasteiger charge is 2.51. The van der Waals surface area contributed by atoms with Gasteiger partial charge in [0.05, 0.1) is 59.3 Å². The fourth-order valence-corrected chi connectivity index (χ4v) is 7.18. The second-order valence-corrected chi connectivity index (χ2v) is 12.0. The summed E-state index contributed by atoms with van der Waals surface area (Å²) in [5.74, 6) is 0. The monoisotopic (exact) mass is 713 g/mol. The predicted molar refractivity (Wildman–Crippen MR) is 220 cm³/mol. The van der Waals surface area contributed by atoms with Crippen molar-refractivity contribution in [2.45, 2.75) is 24.5 Å². The predicted octanol–water partition coefficient (Wildman–Crippen LogP) is 13.5.